The van der Waals surface area contributed by atoms with Gasteiger partial charge in [0, 0.05) is 6.54 Å². The van der Waals surface area contributed by atoms with Crippen molar-refractivity contribution in [3.63, 3.8) is 0 Å². The molecule has 0 saturated heterocycles. The van der Waals surface area contributed by atoms with Gasteiger partial charge in [-0.25, -0.2) is 16.8 Å². The molecule has 0 N–H and O–H groups in total. The SMILES string of the molecule is CCN(C[SH](=O)=O)[SH](=O)=O. The predicted molar refractivity (Wildman–Crippen MR) is 37.9 cm³/mol. The van der Waals surface area contributed by atoms with Gasteiger partial charge in [-0.05, 0) is 0 Å². The highest BCUT2D eigenvalue weighted by molar-refractivity contribution is 7.74. The fourth-order valence-electron chi connectivity index (χ4n) is 0.400. The second-order valence-corrected chi connectivity index (χ2v) is 3.52. The quantitative estimate of drug-likeness (QED) is 0.520. The molecular weight excluding hydrogens is 178 g/mol. The predicted octanol–water partition coefficient (Wildman–Crippen LogP) is -1.60. The van der Waals surface area contributed by atoms with Gasteiger partial charge in [0.25, 0.3) is 0 Å². The maximum Gasteiger partial charge on any atom is 0.204 e. The lowest BCUT2D eigenvalue weighted by molar-refractivity contribution is 0.484. The van der Waals surface area contributed by atoms with Gasteiger partial charge in [-0.2, -0.15) is 4.31 Å². The normalized spacial score (nSPS) is 11.6. The molecule has 0 aromatic rings. The molecule has 7 heteroatoms. The molecule has 0 aliphatic carbocycles. The van der Waals surface area contributed by atoms with Crippen LogP contribution in [0.1, 0.15) is 6.92 Å². The van der Waals surface area contributed by atoms with Crippen LogP contribution in [0.2, 0.25) is 0 Å². The van der Waals surface area contributed by atoms with E-state index in [9.17, 15) is 16.8 Å². The summed E-state index contributed by atoms with van der Waals surface area (Å²) < 4.78 is 41.2. The van der Waals surface area contributed by atoms with Crippen LogP contribution in [-0.4, -0.2) is 33.6 Å². The number of thiol groups is 2. The van der Waals surface area contributed by atoms with Crippen molar-refractivity contribution in [3.8, 4) is 0 Å². The van der Waals surface area contributed by atoms with Crippen LogP contribution in [0.25, 0.3) is 0 Å². The molecule has 0 aromatic carbocycles. The Morgan fingerprint density at radius 3 is 1.80 bits per heavy atom. The van der Waals surface area contributed by atoms with E-state index in [0.29, 0.717) is 0 Å². The van der Waals surface area contributed by atoms with Crippen LogP contribution in [0.4, 0.5) is 0 Å². The summed E-state index contributed by atoms with van der Waals surface area (Å²) in [7, 11) is -5.38. The topological polar surface area (TPSA) is 71.5 Å². The van der Waals surface area contributed by atoms with Crippen molar-refractivity contribution in [2.75, 3.05) is 12.4 Å². The second kappa shape index (κ2) is 4.64. The first-order valence-electron chi connectivity index (χ1n) is 2.59. The van der Waals surface area contributed by atoms with Crippen molar-refractivity contribution < 1.29 is 16.8 Å². The van der Waals surface area contributed by atoms with Crippen LogP contribution >= 0.6 is 0 Å². The van der Waals surface area contributed by atoms with Crippen LogP contribution in [0.5, 0.6) is 0 Å². The lowest BCUT2D eigenvalue weighted by atomic mass is 10.8. The number of nitrogens with zero attached hydrogens (tertiary/aromatic N) is 1. The summed E-state index contributed by atoms with van der Waals surface area (Å²) in [6, 6.07) is 0. The molecule has 0 aliphatic heterocycles. The highest BCUT2D eigenvalue weighted by Gasteiger charge is 2.03. The van der Waals surface area contributed by atoms with E-state index in [1.54, 1.807) is 6.92 Å². The Balaban J connectivity index is 4.09. The van der Waals surface area contributed by atoms with E-state index < -0.39 is 27.5 Å². The Bertz CT molecular complexity index is 215. The molecule has 0 radical (unpaired) electrons. The summed E-state index contributed by atoms with van der Waals surface area (Å²) in [4.78, 5) is 0. The van der Waals surface area contributed by atoms with Gasteiger partial charge in [-0.15, -0.1) is 0 Å². The third-order valence-corrected chi connectivity index (χ3v) is 2.56. The fourth-order valence-corrected chi connectivity index (χ4v) is 1.82. The van der Waals surface area contributed by atoms with Gasteiger partial charge in [0.05, 0.1) is 0 Å². The zero-order valence-electron chi connectivity index (χ0n) is 5.39. The van der Waals surface area contributed by atoms with Crippen LogP contribution in [0.3, 0.4) is 0 Å². The van der Waals surface area contributed by atoms with Crippen LogP contribution < -0.4 is 0 Å². The number of rotatable bonds is 4. The summed E-state index contributed by atoms with van der Waals surface area (Å²) in [6.45, 7) is 1.77. The van der Waals surface area contributed by atoms with E-state index in [1.807, 2.05) is 0 Å². The first kappa shape index (κ1) is 9.86. The highest BCUT2D eigenvalue weighted by Crippen LogP contribution is 1.85. The van der Waals surface area contributed by atoms with E-state index in [0.717, 1.165) is 4.31 Å². The minimum absolute atomic E-state index is 0.196. The summed E-state index contributed by atoms with van der Waals surface area (Å²) in [5, 5.41) is 0. The molecule has 0 unspecified atom stereocenters. The summed E-state index contributed by atoms with van der Waals surface area (Å²) in [5.41, 5.74) is 0. The van der Waals surface area contributed by atoms with Gasteiger partial charge in [-0.1, -0.05) is 6.92 Å². The minimum Gasteiger partial charge on any atom is -0.230 e. The Kier molecular flexibility index (Phi) is 4.58. The van der Waals surface area contributed by atoms with E-state index in [1.165, 1.54) is 0 Å². The maximum atomic E-state index is 10.2. The van der Waals surface area contributed by atoms with Crippen molar-refractivity contribution in [3.05, 3.63) is 0 Å². The molecule has 5 nitrogen and oxygen atoms in total. The van der Waals surface area contributed by atoms with Gasteiger partial charge < -0.3 is 0 Å². The molecule has 0 heterocycles. The molecule has 0 amide bonds. The van der Waals surface area contributed by atoms with Gasteiger partial charge >= 0.3 is 0 Å². The molecule has 0 aromatic heterocycles. The van der Waals surface area contributed by atoms with Crippen molar-refractivity contribution in [1.82, 2.24) is 4.31 Å². The lowest BCUT2D eigenvalue weighted by Crippen LogP contribution is -2.23. The summed E-state index contributed by atoms with van der Waals surface area (Å²) >= 11 is 0. The zero-order chi connectivity index (χ0) is 8.15. The third-order valence-electron chi connectivity index (χ3n) is 0.875. The maximum absolute atomic E-state index is 10.2. The Hall–Kier alpha value is -0.140. The number of hydrogen-bond acceptors (Lipinski definition) is 4. The highest BCUT2D eigenvalue weighted by atomic mass is 32.2. The summed E-state index contributed by atoms with van der Waals surface area (Å²) in [6.07, 6.45) is 0. The third kappa shape index (κ3) is 3.80. The van der Waals surface area contributed by atoms with E-state index >= 15 is 0 Å². The molecule has 0 bridgehead atoms. The minimum atomic E-state index is -2.75. The molecular formula is C3H9NO4S2. The van der Waals surface area contributed by atoms with E-state index in [-0.39, 0.29) is 6.54 Å². The molecule has 62 valence electrons. The van der Waals surface area contributed by atoms with Crippen molar-refractivity contribution in [2.24, 2.45) is 0 Å². The Morgan fingerprint density at radius 2 is 1.70 bits per heavy atom. The molecule has 0 aliphatic rings. The molecule has 0 saturated carbocycles. The molecule has 0 atom stereocenters. The average Bonchev–Trinajstić information content (AvgIpc) is 1.81. The Morgan fingerprint density at radius 1 is 1.20 bits per heavy atom. The molecule has 0 fully saturated rings. The van der Waals surface area contributed by atoms with Gasteiger partial charge in [0.2, 0.25) is 10.9 Å². The summed E-state index contributed by atoms with van der Waals surface area (Å²) in [5.74, 6) is -0.412. The molecule has 10 heavy (non-hydrogen) atoms. The lowest BCUT2D eigenvalue weighted by Gasteiger charge is -2.05. The largest absolute Gasteiger partial charge is 0.230 e. The zero-order valence-corrected chi connectivity index (χ0v) is 7.18. The average molecular weight is 187 g/mol. The molecule has 0 spiro atoms. The smallest absolute Gasteiger partial charge is 0.204 e. The van der Waals surface area contributed by atoms with Gasteiger partial charge in [-0.3, -0.25) is 0 Å². The van der Waals surface area contributed by atoms with Crippen molar-refractivity contribution >= 4 is 21.6 Å². The Labute approximate surface area is 62.7 Å². The molecule has 0 rings (SSSR count). The monoisotopic (exact) mass is 187 g/mol. The second-order valence-electron chi connectivity index (χ2n) is 1.53. The van der Waals surface area contributed by atoms with Crippen molar-refractivity contribution in [2.45, 2.75) is 6.92 Å². The van der Waals surface area contributed by atoms with Crippen LogP contribution in [-0.2, 0) is 21.6 Å². The number of hydrogen-bond donors (Lipinski definition) is 2. The van der Waals surface area contributed by atoms with Crippen molar-refractivity contribution in [1.29, 1.82) is 0 Å². The van der Waals surface area contributed by atoms with Gasteiger partial charge in [0.1, 0.15) is 5.88 Å². The van der Waals surface area contributed by atoms with Crippen LogP contribution in [0.15, 0.2) is 0 Å². The first-order chi connectivity index (χ1) is 4.57. The standard InChI is InChI=1S/C3H9NO4S2/c1-2-4(10(7)8)3-9(5)6/h9-10H,2-3H2,1H3. The van der Waals surface area contributed by atoms with E-state index in [4.69, 9.17) is 0 Å². The van der Waals surface area contributed by atoms with E-state index in [2.05, 4.69) is 0 Å². The van der Waals surface area contributed by atoms with Crippen LogP contribution in [0, 0.1) is 0 Å². The van der Waals surface area contributed by atoms with Gasteiger partial charge in [0.15, 0.2) is 10.7 Å². The first-order valence-corrected chi connectivity index (χ1v) is 5.08. The fraction of sp³-hybridized carbons (Fsp3) is 1.00.